The van der Waals surface area contributed by atoms with Crippen molar-refractivity contribution >= 4 is 12.1 Å². The van der Waals surface area contributed by atoms with Crippen LogP contribution in [0.1, 0.15) is 19.4 Å². The number of methoxy groups -OCH3 is 1. The molecule has 5 nitrogen and oxygen atoms in total. The molecule has 1 unspecified atom stereocenters. The van der Waals surface area contributed by atoms with E-state index >= 15 is 0 Å². The summed E-state index contributed by atoms with van der Waals surface area (Å²) in [6.45, 7) is 3.49. The van der Waals surface area contributed by atoms with Crippen LogP contribution in [0.15, 0.2) is 30.3 Å². The minimum atomic E-state index is -0.751. The van der Waals surface area contributed by atoms with Gasteiger partial charge in [0.1, 0.15) is 12.6 Å². The monoisotopic (exact) mass is 289 g/mol. The summed E-state index contributed by atoms with van der Waals surface area (Å²) in [5, 5.41) is 0. The van der Waals surface area contributed by atoms with E-state index in [9.17, 15) is 9.59 Å². The number of amides is 1. The Morgan fingerprint density at radius 1 is 1.29 bits per heavy atom. The van der Waals surface area contributed by atoms with E-state index in [4.69, 9.17) is 4.74 Å². The summed E-state index contributed by atoms with van der Waals surface area (Å²) in [5.41, 5.74) is 0.873. The summed E-state index contributed by atoms with van der Waals surface area (Å²) < 4.78 is 9.86. The molecule has 0 saturated heterocycles. The normalized spacial score (nSPS) is 10.8. The highest BCUT2D eigenvalue weighted by molar-refractivity contribution is 5.81. The van der Waals surface area contributed by atoms with E-state index < -0.39 is 18.1 Å². The van der Waals surface area contributed by atoms with Crippen LogP contribution in [-0.2, 0) is 20.9 Å². The summed E-state index contributed by atoms with van der Waals surface area (Å²) in [6, 6.07) is 8.56. The third-order valence-corrected chi connectivity index (χ3v) is 2.88. The SMILES string of the molecule is CC#CCN(C(=O)OCc1ccccc1)C(C)C(=O)OC. The second kappa shape index (κ2) is 8.64. The molecule has 21 heavy (non-hydrogen) atoms. The van der Waals surface area contributed by atoms with Crippen LogP contribution >= 0.6 is 0 Å². The Morgan fingerprint density at radius 2 is 1.95 bits per heavy atom. The molecule has 0 aromatic heterocycles. The van der Waals surface area contributed by atoms with Crippen molar-refractivity contribution in [1.82, 2.24) is 4.90 Å². The molecule has 0 N–H and O–H groups in total. The fourth-order valence-electron chi connectivity index (χ4n) is 1.62. The highest BCUT2D eigenvalue weighted by Crippen LogP contribution is 2.07. The van der Waals surface area contributed by atoms with Gasteiger partial charge in [-0.2, -0.15) is 0 Å². The smallest absolute Gasteiger partial charge is 0.411 e. The standard InChI is InChI=1S/C16H19NO4/c1-4-5-11-17(13(2)15(18)20-3)16(19)21-12-14-9-7-6-8-10-14/h6-10,13H,11-12H2,1-3H3. The van der Waals surface area contributed by atoms with Gasteiger partial charge >= 0.3 is 12.1 Å². The van der Waals surface area contributed by atoms with Gasteiger partial charge < -0.3 is 9.47 Å². The first-order valence-corrected chi connectivity index (χ1v) is 6.55. The number of hydrogen-bond donors (Lipinski definition) is 0. The van der Waals surface area contributed by atoms with Crippen LogP contribution in [0.2, 0.25) is 0 Å². The second-order valence-corrected chi connectivity index (χ2v) is 4.29. The molecule has 1 aromatic rings. The predicted molar refractivity (Wildman–Crippen MR) is 78.3 cm³/mol. The lowest BCUT2D eigenvalue weighted by Crippen LogP contribution is -2.44. The summed E-state index contributed by atoms with van der Waals surface area (Å²) in [7, 11) is 1.28. The fraction of sp³-hybridized carbons (Fsp3) is 0.375. The maximum Gasteiger partial charge on any atom is 0.411 e. The Morgan fingerprint density at radius 3 is 2.52 bits per heavy atom. The van der Waals surface area contributed by atoms with Gasteiger partial charge in [0, 0.05) is 0 Å². The van der Waals surface area contributed by atoms with Gasteiger partial charge in [-0.05, 0) is 19.4 Å². The molecule has 0 heterocycles. The van der Waals surface area contributed by atoms with Crippen LogP contribution in [-0.4, -0.2) is 36.7 Å². The molecule has 1 atom stereocenters. The third kappa shape index (κ3) is 5.19. The van der Waals surface area contributed by atoms with E-state index in [2.05, 4.69) is 16.6 Å². The molecule has 1 aromatic carbocycles. The Hall–Kier alpha value is -2.48. The molecule has 5 heteroatoms. The van der Waals surface area contributed by atoms with Crippen LogP contribution in [0.5, 0.6) is 0 Å². The number of carbonyl (C=O) groups is 2. The Bertz CT molecular complexity index is 530. The Balaban J connectivity index is 2.70. The lowest BCUT2D eigenvalue weighted by Gasteiger charge is -2.24. The first-order chi connectivity index (χ1) is 10.1. The molecular formula is C16H19NO4. The van der Waals surface area contributed by atoms with Crippen LogP contribution in [0.4, 0.5) is 4.79 Å². The van der Waals surface area contributed by atoms with Crippen LogP contribution in [0, 0.1) is 11.8 Å². The summed E-state index contributed by atoms with van der Waals surface area (Å²) >= 11 is 0. The van der Waals surface area contributed by atoms with Gasteiger partial charge in [-0.25, -0.2) is 9.59 Å². The lowest BCUT2D eigenvalue weighted by atomic mass is 10.2. The van der Waals surface area contributed by atoms with Gasteiger partial charge in [-0.1, -0.05) is 36.3 Å². The average molecular weight is 289 g/mol. The molecule has 0 aliphatic carbocycles. The second-order valence-electron chi connectivity index (χ2n) is 4.29. The third-order valence-electron chi connectivity index (χ3n) is 2.88. The summed E-state index contributed by atoms with van der Waals surface area (Å²) in [6.07, 6.45) is -0.598. The zero-order chi connectivity index (χ0) is 15.7. The van der Waals surface area contributed by atoms with Crippen molar-refractivity contribution in [1.29, 1.82) is 0 Å². The van der Waals surface area contributed by atoms with Gasteiger partial charge in [-0.15, -0.1) is 5.92 Å². The molecule has 0 fully saturated rings. The van der Waals surface area contributed by atoms with Gasteiger partial charge in [0.05, 0.1) is 13.7 Å². The minimum absolute atomic E-state index is 0.111. The lowest BCUT2D eigenvalue weighted by molar-refractivity contribution is -0.145. The number of hydrogen-bond acceptors (Lipinski definition) is 4. The number of esters is 1. The highest BCUT2D eigenvalue weighted by atomic mass is 16.6. The summed E-state index contributed by atoms with van der Waals surface area (Å²) in [4.78, 5) is 24.9. The van der Waals surface area contributed by atoms with Crippen LogP contribution in [0.3, 0.4) is 0 Å². The van der Waals surface area contributed by atoms with Crippen LogP contribution in [0.25, 0.3) is 0 Å². The largest absolute Gasteiger partial charge is 0.467 e. The molecule has 1 rings (SSSR count). The number of nitrogens with zero attached hydrogens (tertiary/aromatic N) is 1. The van der Waals surface area contributed by atoms with Crippen molar-refractivity contribution in [2.75, 3.05) is 13.7 Å². The molecule has 0 spiro atoms. The van der Waals surface area contributed by atoms with E-state index in [1.165, 1.54) is 12.0 Å². The van der Waals surface area contributed by atoms with E-state index in [-0.39, 0.29) is 13.2 Å². The molecule has 0 bridgehead atoms. The molecule has 1 amide bonds. The summed E-state index contributed by atoms with van der Waals surface area (Å²) in [5.74, 6) is 4.93. The van der Waals surface area contributed by atoms with E-state index in [1.54, 1.807) is 13.8 Å². The Labute approximate surface area is 124 Å². The highest BCUT2D eigenvalue weighted by Gasteiger charge is 2.27. The van der Waals surface area contributed by atoms with Crippen LogP contribution < -0.4 is 0 Å². The number of ether oxygens (including phenoxy) is 2. The zero-order valence-corrected chi connectivity index (χ0v) is 12.5. The Kier molecular flexibility index (Phi) is 6.82. The predicted octanol–water partition coefficient (Wildman–Crippen LogP) is 2.21. The topological polar surface area (TPSA) is 55.8 Å². The first-order valence-electron chi connectivity index (χ1n) is 6.55. The molecular weight excluding hydrogens is 270 g/mol. The minimum Gasteiger partial charge on any atom is -0.467 e. The van der Waals surface area contributed by atoms with Gasteiger partial charge in [0.2, 0.25) is 0 Å². The van der Waals surface area contributed by atoms with Crippen molar-refractivity contribution in [3.05, 3.63) is 35.9 Å². The van der Waals surface area contributed by atoms with E-state index in [0.29, 0.717) is 0 Å². The quantitative estimate of drug-likeness (QED) is 0.616. The molecule has 0 aliphatic heterocycles. The van der Waals surface area contributed by atoms with Gasteiger partial charge in [0.25, 0.3) is 0 Å². The van der Waals surface area contributed by atoms with Gasteiger partial charge in [0.15, 0.2) is 0 Å². The van der Waals surface area contributed by atoms with Crippen molar-refractivity contribution in [3.8, 4) is 11.8 Å². The maximum atomic E-state index is 12.1. The fourth-order valence-corrected chi connectivity index (χ4v) is 1.62. The number of carbonyl (C=O) groups excluding carboxylic acids is 2. The average Bonchev–Trinajstić information content (AvgIpc) is 2.53. The van der Waals surface area contributed by atoms with Crippen molar-refractivity contribution in [2.24, 2.45) is 0 Å². The number of benzene rings is 1. The van der Waals surface area contributed by atoms with Gasteiger partial charge in [-0.3, -0.25) is 4.90 Å². The van der Waals surface area contributed by atoms with Crippen molar-refractivity contribution in [3.63, 3.8) is 0 Å². The van der Waals surface area contributed by atoms with Crippen molar-refractivity contribution in [2.45, 2.75) is 26.5 Å². The van der Waals surface area contributed by atoms with Crippen molar-refractivity contribution < 1.29 is 19.1 Å². The van der Waals surface area contributed by atoms with E-state index in [0.717, 1.165) is 5.56 Å². The zero-order valence-electron chi connectivity index (χ0n) is 12.5. The molecule has 112 valence electrons. The molecule has 0 radical (unpaired) electrons. The number of rotatable bonds is 5. The first kappa shape index (κ1) is 16.6. The molecule has 0 saturated carbocycles. The van der Waals surface area contributed by atoms with E-state index in [1.807, 2.05) is 30.3 Å². The maximum absolute atomic E-state index is 12.1. The molecule has 0 aliphatic rings.